The maximum absolute atomic E-state index is 13.1. The van der Waals surface area contributed by atoms with Crippen LogP contribution in [0.3, 0.4) is 0 Å². The summed E-state index contributed by atoms with van der Waals surface area (Å²) in [5.41, 5.74) is 1.67. The summed E-state index contributed by atoms with van der Waals surface area (Å²) in [4.78, 5) is 0. The molecule has 1 aliphatic heterocycles. The fourth-order valence-electron chi connectivity index (χ4n) is 1.56. The second-order valence-corrected chi connectivity index (χ2v) is 3.85. The van der Waals surface area contributed by atoms with E-state index in [9.17, 15) is 4.39 Å². The van der Waals surface area contributed by atoms with Gasteiger partial charge in [-0.3, -0.25) is 0 Å². The minimum Gasteiger partial charge on any atom is -0.381 e. The number of rotatable bonds is 1. The number of nitrogens with one attached hydrogen (secondary N) is 2. The largest absolute Gasteiger partial charge is 0.381 e. The Morgan fingerprint density at radius 1 is 1.50 bits per heavy atom. The van der Waals surface area contributed by atoms with Crippen LogP contribution in [0.25, 0.3) is 0 Å². The Hall–Kier alpha value is -0.960. The number of halogens is 2. The monoisotopic (exact) mass is 214 g/mol. The van der Waals surface area contributed by atoms with Gasteiger partial charge in [-0.05, 0) is 12.5 Å². The number of anilines is 2. The first-order valence-electron chi connectivity index (χ1n) is 4.70. The van der Waals surface area contributed by atoms with Crippen LogP contribution in [0, 0.1) is 5.82 Å². The van der Waals surface area contributed by atoms with Crippen molar-refractivity contribution < 1.29 is 4.39 Å². The highest BCUT2D eigenvalue weighted by Gasteiger charge is 2.17. The summed E-state index contributed by atoms with van der Waals surface area (Å²) in [6, 6.07) is 3.42. The molecule has 14 heavy (non-hydrogen) atoms. The van der Waals surface area contributed by atoms with Crippen LogP contribution in [-0.4, -0.2) is 12.6 Å². The molecule has 0 saturated heterocycles. The maximum Gasteiger partial charge on any atom is 0.143 e. The van der Waals surface area contributed by atoms with Crippen LogP contribution in [0.2, 0.25) is 5.02 Å². The molecule has 4 heteroatoms. The van der Waals surface area contributed by atoms with Gasteiger partial charge in [-0.1, -0.05) is 18.5 Å². The van der Waals surface area contributed by atoms with Crippen molar-refractivity contribution in [2.24, 2.45) is 0 Å². The summed E-state index contributed by atoms with van der Waals surface area (Å²) in [6.07, 6.45) is 1.01. The smallest absolute Gasteiger partial charge is 0.143 e. The van der Waals surface area contributed by atoms with Gasteiger partial charge in [-0.2, -0.15) is 0 Å². The first-order chi connectivity index (χ1) is 6.70. The third-order valence-electron chi connectivity index (χ3n) is 2.45. The zero-order valence-electron chi connectivity index (χ0n) is 7.90. The van der Waals surface area contributed by atoms with E-state index in [1.54, 1.807) is 6.07 Å². The number of hydrogen-bond acceptors (Lipinski definition) is 2. The molecule has 2 N–H and O–H groups in total. The van der Waals surface area contributed by atoms with Crippen LogP contribution in [0.1, 0.15) is 13.3 Å². The summed E-state index contributed by atoms with van der Waals surface area (Å²) < 4.78 is 13.1. The van der Waals surface area contributed by atoms with Crippen molar-refractivity contribution in [1.29, 1.82) is 0 Å². The number of fused-ring (bicyclic) bond motifs is 1. The predicted molar refractivity (Wildman–Crippen MR) is 57.6 cm³/mol. The van der Waals surface area contributed by atoms with E-state index < -0.39 is 0 Å². The van der Waals surface area contributed by atoms with E-state index in [4.69, 9.17) is 11.6 Å². The van der Waals surface area contributed by atoms with Gasteiger partial charge in [-0.15, -0.1) is 0 Å². The lowest BCUT2D eigenvalue weighted by Crippen LogP contribution is -2.32. The average molecular weight is 215 g/mol. The van der Waals surface area contributed by atoms with Crippen molar-refractivity contribution >= 4 is 23.0 Å². The third-order valence-corrected chi connectivity index (χ3v) is 2.74. The standard InChI is InChI=1S/C10H12ClFN2/c1-2-6-5-13-9-3-7(11)8(12)4-10(9)14-6/h3-4,6,13-14H,2,5H2,1H3. The molecule has 1 aromatic carbocycles. The van der Waals surface area contributed by atoms with E-state index in [2.05, 4.69) is 17.6 Å². The zero-order chi connectivity index (χ0) is 10.1. The number of hydrogen-bond donors (Lipinski definition) is 2. The molecule has 1 heterocycles. The van der Waals surface area contributed by atoms with Gasteiger partial charge in [0, 0.05) is 18.7 Å². The Balaban J connectivity index is 2.33. The Morgan fingerprint density at radius 2 is 2.29 bits per heavy atom. The summed E-state index contributed by atoms with van der Waals surface area (Å²) in [6.45, 7) is 2.95. The molecule has 1 unspecified atom stereocenters. The molecular weight excluding hydrogens is 203 g/mol. The maximum atomic E-state index is 13.1. The fourth-order valence-corrected chi connectivity index (χ4v) is 1.73. The van der Waals surface area contributed by atoms with E-state index in [1.165, 1.54) is 6.07 Å². The van der Waals surface area contributed by atoms with Gasteiger partial charge in [0.1, 0.15) is 5.82 Å². The zero-order valence-corrected chi connectivity index (χ0v) is 8.66. The highest BCUT2D eigenvalue weighted by Crippen LogP contribution is 2.31. The summed E-state index contributed by atoms with van der Waals surface area (Å²) in [7, 11) is 0. The SMILES string of the molecule is CCC1CNc2cc(Cl)c(F)cc2N1. The van der Waals surface area contributed by atoms with Gasteiger partial charge < -0.3 is 10.6 Å². The van der Waals surface area contributed by atoms with Crippen molar-refractivity contribution in [2.75, 3.05) is 17.2 Å². The van der Waals surface area contributed by atoms with Crippen molar-refractivity contribution in [1.82, 2.24) is 0 Å². The van der Waals surface area contributed by atoms with Crippen molar-refractivity contribution in [3.05, 3.63) is 23.0 Å². The van der Waals surface area contributed by atoms with E-state index in [0.29, 0.717) is 6.04 Å². The third kappa shape index (κ3) is 1.64. The van der Waals surface area contributed by atoms with Crippen LogP contribution < -0.4 is 10.6 Å². The van der Waals surface area contributed by atoms with E-state index in [1.807, 2.05) is 0 Å². The van der Waals surface area contributed by atoms with Crippen LogP contribution in [0.15, 0.2) is 12.1 Å². The lowest BCUT2D eigenvalue weighted by atomic mass is 10.1. The van der Waals surface area contributed by atoms with Crippen LogP contribution in [0.4, 0.5) is 15.8 Å². The average Bonchev–Trinajstić information content (AvgIpc) is 2.19. The molecule has 0 amide bonds. The predicted octanol–water partition coefficient (Wildman–Crippen LogP) is 3.10. The summed E-state index contributed by atoms with van der Waals surface area (Å²) >= 11 is 5.67. The molecular formula is C10H12ClFN2. The molecule has 1 atom stereocenters. The van der Waals surface area contributed by atoms with Gasteiger partial charge >= 0.3 is 0 Å². The van der Waals surface area contributed by atoms with Crippen molar-refractivity contribution in [3.63, 3.8) is 0 Å². The molecule has 2 rings (SSSR count). The first kappa shape index (κ1) is 9.59. The second-order valence-electron chi connectivity index (χ2n) is 3.44. The molecule has 0 fully saturated rings. The molecule has 0 aliphatic carbocycles. The Bertz CT molecular complexity index is 354. The number of benzene rings is 1. The van der Waals surface area contributed by atoms with Crippen LogP contribution in [0.5, 0.6) is 0 Å². The van der Waals surface area contributed by atoms with Crippen LogP contribution in [-0.2, 0) is 0 Å². The minimum absolute atomic E-state index is 0.160. The molecule has 0 spiro atoms. The van der Waals surface area contributed by atoms with Gasteiger partial charge in [0.2, 0.25) is 0 Å². The summed E-state index contributed by atoms with van der Waals surface area (Å²) in [5, 5.41) is 6.63. The molecule has 2 nitrogen and oxygen atoms in total. The van der Waals surface area contributed by atoms with Crippen molar-refractivity contribution in [2.45, 2.75) is 19.4 Å². The van der Waals surface area contributed by atoms with Gasteiger partial charge in [0.05, 0.1) is 16.4 Å². The fraction of sp³-hybridized carbons (Fsp3) is 0.400. The molecule has 0 radical (unpaired) electrons. The topological polar surface area (TPSA) is 24.1 Å². The molecule has 76 valence electrons. The lowest BCUT2D eigenvalue weighted by Gasteiger charge is -2.27. The van der Waals surface area contributed by atoms with Gasteiger partial charge in [-0.25, -0.2) is 4.39 Å². The lowest BCUT2D eigenvalue weighted by molar-refractivity contribution is 0.626. The van der Waals surface area contributed by atoms with Crippen molar-refractivity contribution in [3.8, 4) is 0 Å². The van der Waals surface area contributed by atoms with Gasteiger partial charge in [0.15, 0.2) is 0 Å². The highest BCUT2D eigenvalue weighted by molar-refractivity contribution is 6.31. The molecule has 1 aliphatic rings. The van der Waals surface area contributed by atoms with Gasteiger partial charge in [0.25, 0.3) is 0 Å². The molecule has 0 saturated carbocycles. The minimum atomic E-state index is -0.378. The Kier molecular flexibility index (Phi) is 2.50. The second kappa shape index (κ2) is 3.65. The van der Waals surface area contributed by atoms with E-state index in [-0.39, 0.29) is 10.8 Å². The Morgan fingerprint density at radius 3 is 3.00 bits per heavy atom. The highest BCUT2D eigenvalue weighted by atomic mass is 35.5. The molecule has 1 aromatic rings. The molecule has 0 bridgehead atoms. The quantitative estimate of drug-likeness (QED) is 0.751. The Labute approximate surface area is 87.5 Å². The van der Waals surface area contributed by atoms with E-state index >= 15 is 0 Å². The van der Waals surface area contributed by atoms with E-state index in [0.717, 1.165) is 24.3 Å². The first-order valence-corrected chi connectivity index (χ1v) is 5.08. The van der Waals surface area contributed by atoms with Crippen LogP contribution >= 0.6 is 11.6 Å². The summed E-state index contributed by atoms with van der Waals surface area (Å²) in [5.74, 6) is -0.378. The molecule has 0 aromatic heterocycles. The normalized spacial score (nSPS) is 19.5.